The molecule has 7 heteroatoms. The van der Waals surface area contributed by atoms with Crippen LogP contribution in [0.4, 0.5) is 0 Å². The van der Waals surface area contributed by atoms with Crippen molar-refractivity contribution in [3.8, 4) is 0 Å². The number of carboxylic acids is 1. The van der Waals surface area contributed by atoms with E-state index in [0.717, 1.165) is 18.6 Å². The third-order valence-electron chi connectivity index (χ3n) is 2.80. The van der Waals surface area contributed by atoms with E-state index in [1.165, 1.54) is 0 Å². The Bertz CT molecular complexity index is 348. The topological polar surface area (TPSA) is 95.5 Å². The molecule has 0 heterocycles. The van der Waals surface area contributed by atoms with Crippen molar-refractivity contribution in [1.29, 1.82) is 0 Å². The molecule has 0 saturated heterocycles. The monoisotopic (exact) mass is 318 g/mol. The second-order valence-electron chi connectivity index (χ2n) is 5.18. The highest BCUT2D eigenvalue weighted by molar-refractivity contribution is 7.99. The Kier molecular flexibility index (Phi) is 10.7. The zero-order chi connectivity index (χ0) is 16.3. The van der Waals surface area contributed by atoms with Gasteiger partial charge in [-0.1, -0.05) is 20.3 Å². The highest BCUT2D eigenvalue weighted by Crippen LogP contribution is 2.06. The van der Waals surface area contributed by atoms with Crippen molar-refractivity contribution < 1.29 is 19.5 Å². The smallest absolute Gasteiger partial charge is 0.303 e. The molecule has 0 fully saturated rings. The molecule has 0 aliphatic heterocycles. The van der Waals surface area contributed by atoms with E-state index in [1.807, 2.05) is 0 Å². The molecule has 0 rings (SSSR count). The molecule has 1 atom stereocenters. The van der Waals surface area contributed by atoms with Gasteiger partial charge in [0.15, 0.2) is 0 Å². The molecule has 21 heavy (non-hydrogen) atoms. The summed E-state index contributed by atoms with van der Waals surface area (Å²) in [6.07, 6.45) is 2.73. The molecule has 3 N–H and O–H groups in total. The van der Waals surface area contributed by atoms with E-state index in [1.54, 1.807) is 32.5 Å². The lowest BCUT2D eigenvalue weighted by atomic mass is 10.2. The third kappa shape index (κ3) is 11.1. The summed E-state index contributed by atoms with van der Waals surface area (Å²) in [7, 11) is 0. The van der Waals surface area contributed by atoms with E-state index in [9.17, 15) is 14.4 Å². The zero-order valence-electron chi connectivity index (χ0n) is 13.0. The van der Waals surface area contributed by atoms with Gasteiger partial charge in [-0.05, 0) is 25.5 Å². The minimum absolute atomic E-state index is 0.135. The first-order valence-corrected chi connectivity index (χ1v) is 8.37. The van der Waals surface area contributed by atoms with E-state index in [-0.39, 0.29) is 24.2 Å². The number of unbranched alkanes of at least 4 members (excludes halogenated alkanes) is 2. The molecule has 0 unspecified atom stereocenters. The Balaban J connectivity index is 3.57. The predicted molar refractivity (Wildman–Crippen MR) is 84.0 cm³/mol. The molecule has 0 aromatic rings. The van der Waals surface area contributed by atoms with Gasteiger partial charge in [0.25, 0.3) is 0 Å². The van der Waals surface area contributed by atoms with Crippen LogP contribution in [0, 0.1) is 5.92 Å². The predicted octanol–water partition coefficient (Wildman–Crippen LogP) is 1.60. The Morgan fingerprint density at radius 2 is 1.71 bits per heavy atom. The first kappa shape index (κ1) is 19.8. The van der Waals surface area contributed by atoms with Crippen molar-refractivity contribution in [2.24, 2.45) is 5.92 Å². The van der Waals surface area contributed by atoms with Gasteiger partial charge in [-0.25, -0.2) is 0 Å². The summed E-state index contributed by atoms with van der Waals surface area (Å²) in [5.41, 5.74) is 0. The largest absolute Gasteiger partial charge is 0.481 e. The molecule has 0 aliphatic rings. The Hall–Kier alpha value is -1.24. The molecule has 0 aliphatic carbocycles. The number of carbonyl (C=O) groups excluding carboxylic acids is 2. The molecule has 0 saturated carbocycles. The third-order valence-corrected chi connectivity index (χ3v) is 3.73. The lowest BCUT2D eigenvalue weighted by molar-refractivity contribution is -0.137. The average molecular weight is 318 g/mol. The fourth-order valence-corrected chi connectivity index (χ4v) is 2.25. The minimum Gasteiger partial charge on any atom is -0.481 e. The maximum absolute atomic E-state index is 11.7. The van der Waals surface area contributed by atoms with Gasteiger partial charge in [0, 0.05) is 12.3 Å². The number of nitrogens with one attached hydrogen (secondary N) is 2. The van der Waals surface area contributed by atoms with Gasteiger partial charge in [-0.15, -0.1) is 11.8 Å². The second-order valence-corrected chi connectivity index (χ2v) is 6.29. The van der Waals surface area contributed by atoms with Gasteiger partial charge in [0.2, 0.25) is 11.8 Å². The Morgan fingerprint density at radius 3 is 2.29 bits per heavy atom. The maximum Gasteiger partial charge on any atom is 0.303 e. The number of carbonyl (C=O) groups is 3. The van der Waals surface area contributed by atoms with Gasteiger partial charge in [-0.3, -0.25) is 14.4 Å². The maximum atomic E-state index is 11.7. The number of thioether (sulfide) groups is 1. The molecule has 0 aromatic carbocycles. The van der Waals surface area contributed by atoms with Crippen LogP contribution in [0.5, 0.6) is 0 Å². The number of aliphatic carboxylic acids is 1. The Labute approximate surface area is 130 Å². The molecule has 6 nitrogen and oxygen atoms in total. The molecule has 0 spiro atoms. The lowest BCUT2D eigenvalue weighted by Crippen LogP contribution is -2.46. The number of rotatable bonds is 11. The highest BCUT2D eigenvalue weighted by Gasteiger charge is 2.16. The average Bonchev–Trinajstić information content (AvgIpc) is 2.40. The number of hydrogen-bond acceptors (Lipinski definition) is 4. The minimum atomic E-state index is -0.757. The Morgan fingerprint density at radius 1 is 1.05 bits per heavy atom. The quantitative estimate of drug-likeness (QED) is 0.397. The normalized spacial score (nSPS) is 12.0. The van der Waals surface area contributed by atoms with E-state index >= 15 is 0 Å². The summed E-state index contributed by atoms with van der Waals surface area (Å²) in [5, 5.41) is 13.9. The SMILES string of the molecule is CC(C)C(=O)N[C@@H](C)C(=O)NCSCCCCCC(=O)O. The van der Waals surface area contributed by atoms with Gasteiger partial charge in [0.05, 0.1) is 5.88 Å². The van der Waals surface area contributed by atoms with Gasteiger partial charge >= 0.3 is 5.97 Å². The van der Waals surface area contributed by atoms with Gasteiger partial charge in [0.1, 0.15) is 6.04 Å². The summed E-state index contributed by atoms with van der Waals surface area (Å²) < 4.78 is 0. The molecule has 0 radical (unpaired) electrons. The van der Waals surface area contributed by atoms with Gasteiger partial charge in [-0.2, -0.15) is 0 Å². The van der Waals surface area contributed by atoms with Crippen LogP contribution in [0.2, 0.25) is 0 Å². The highest BCUT2D eigenvalue weighted by atomic mass is 32.2. The van der Waals surface area contributed by atoms with Gasteiger partial charge < -0.3 is 15.7 Å². The summed E-state index contributed by atoms with van der Waals surface area (Å²) in [5.74, 6) is 0.158. The molecular weight excluding hydrogens is 292 g/mol. The summed E-state index contributed by atoms with van der Waals surface area (Å²) >= 11 is 1.59. The van der Waals surface area contributed by atoms with Crippen molar-refractivity contribution in [3.05, 3.63) is 0 Å². The van der Waals surface area contributed by atoms with Crippen LogP contribution < -0.4 is 10.6 Å². The van der Waals surface area contributed by atoms with Crippen LogP contribution in [0.3, 0.4) is 0 Å². The van der Waals surface area contributed by atoms with Crippen LogP contribution in [0.25, 0.3) is 0 Å². The van der Waals surface area contributed by atoms with Crippen LogP contribution in [0.1, 0.15) is 46.5 Å². The van der Waals surface area contributed by atoms with E-state index in [0.29, 0.717) is 12.3 Å². The van der Waals surface area contributed by atoms with Crippen molar-refractivity contribution in [3.63, 3.8) is 0 Å². The van der Waals surface area contributed by atoms with E-state index in [4.69, 9.17) is 5.11 Å². The fourth-order valence-electron chi connectivity index (χ4n) is 1.45. The summed E-state index contributed by atoms with van der Waals surface area (Å²) in [6, 6.07) is -0.531. The van der Waals surface area contributed by atoms with Crippen LogP contribution in [-0.2, 0) is 14.4 Å². The molecule has 0 bridgehead atoms. The summed E-state index contributed by atoms with van der Waals surface area (Å²) in [4.78, 5) is 33.5. The van der Waals surface area contributed by atoms with E-state index < -0.39 is 12.0 Å². The van der Waals surface area contributed by atoms with Crippen molar-refractivity contribution in [2.45, 2.75) is 52.5 Å². The lowest BCUT2D eigenvalue weighted by Gasteiger charge is -2.15. The number of hydrogen-bond donors (Lipinski definition) is 3. The van der Waals surface area contributed by atoms with Crippen molar-refractivity contribution in [1.82, 2.24) is 10.6 Å². The fraction of sp³-hybridized carbons (Fsp3) is 0.786. The van der Waals surface area contributed by atoms with Crippen molar-refractivity contribution >= 4 is 29.5 Å². The van der Waals surface area contributed by atoms with Crippen LogP contribution >= 0.6 is 11.8 Å². The van der Waals surface area contributed by atoms with Crippen LogP contribution in [0.15, 0.2) is 0 Å². The van der Waals surface area contributed by atoms with Crippen molar-refractivity contribution in [2.75, 3.05) is 11.6 Å². The number of amides is 2. The summed E-state index contributed by atoms with van der Waals surface area (Å²) in [6.45, 7) is 5.21. The van der Waals surface area contributed by atoms with E-state index in [2.05, 4.69) is 10.6 Å². The molecular formula is C14H26N2O4S. The first-order chi connectivity index (χ1) is 9.84. The molecule has 122 valence electrons. The molecule has 2 amide bonds. The zero-order valence-corrected chi connectivity index (χ0v) is 13.8. The number of carboxylic acid groups (broad SMARTS) is 1. The first-order valence-electron chi connectivity index (χ1n) is 7.22. The standard InChI is InChI=1S/C14H26N2O4S/c1-10(2)13(19)16-11(3)14(20)15-9-21-8-6-4-5-7-12(17)18/h10-11H,4-9H2,1-3H3,(H,15,20)(H,16,19)(H,17,18)/t11-/m0/s1. The molecule has 0 aromatic heterocycles. The van der Waals surface area contributed by atoms with Crippen LogP contribution in [-0.4, -0.2) is 40.6 Å². The second kappa shape index (κ2) is 11.4.